The van der Waals surface area contributed by atoms with Gasteiger partial charge in [0.15, 0.2) is 0 Å². The molecule has 0 aliphatic carbocycles. The van der Waals surface area contributed by atoms with Gasteiger partial charge in [0.05, 0.1) is 6.61 Å². The van der Waals surface area contributed by atoms with Crippen LogP contribution < -0.4 is 10.1 Å². The highest BCUT2D eigenvalue weighted by molar-refractivity contribution is 5.17. The number of nitrogens with one attached hydrogen (secondary N) is 1. The molecule has 0 aromatic carbocycles. The third-order valence-electron chi connectivity index (χ3n) is 2.99. The lowest BCUT2D eigenvalue weighted by Gasteiger charge is -2.10. The molecule has 4 heteroatoms. The van der Waals surface area contributed by atoms with Gasteiger partial charge in [0, 0.05) is 30.0 Å². The van der Waals surface area contributed by atoms with Crippen LogP contribution in [0, 0.1) is 6.92 Å². The molecule has 0 saturated heterocycles. The SMILES string of the molecule is CCCCCCOc1ncc(CNC(C)C)c(C)n1. The van der Waals surface area contributed by atoms with E-state index in [1.807, 2.05) is 13.1 Å². The molecule has 0 fully saturated rings. The molecular weight excluding hydrogens is 238 g/mol. The van der Waals surface area contributed by atoms with Crippen LogP contribution in [0.3, 0.4) is 0 Å². The number of nitrogens with zero attached hydrogens (tertiary/aromatic N) is 2. The molecule has 1 aromatic rings. The minimum atomic E-state index is 0.467. The zero-order chi connectivity index (χ0) is 14.1. The van der Waals surface area contributed by atoms with E-state index >= 15 is 0 Å². The molecular formula is C15H27N3O. The minimum Gasteiger partial charge on any atom is -0.463 e. The minimum absolute atomic E-state index is 0.467. The Morgan fingerprint density at radius 3 is 2.68 bits per heavy atom. The summed E-state index contributed by atoms with van der Waals surface area (Å²) in [5.41, 5.74) is 2.12. The van der Waals surface area contributed by atoms with Crippen molar-refractivity contribution in [3.05, 3.63) is 17.5 Å². The zero-order valence-corrected chi connectivity index (χ0v) is 12.7. The van der Waals surface area contributed by atoms with Gasteiger partial charge in [-0.05, 0) is 13.3 Å². The fourth-order valence-electron chi connectivity index (χ4n) is 1.72. The third-order valence-corrected chi connectivity index (χ3v) is 2.99. The first-order valence-electron chi connectivity index (χ1n) is 7.32. The van der Waals surface area contributed by atoms with Gasteiger partial charge in [0.1, 0.15) is 0 Å². The number of aromatic nitrogens is 2. The van der Waals surface area contributed by atoms with Gasteiger partial charge in [-0.15, -0.1) is 0 Å². The quantitative estimate of drug-likeness (QED) is 0.696. The van der Waals surface area contributed by atoms with Gasteiger partial charge < -0.3 is 10.1 Å². The lowest BCUT2D eigenvalue weighted by Crippen LogP contribution is -2.22. The topological polar surface area (TPSA) is 47.0 Å². The maximum absolute atomic E-state index is 5.57. The predicted octanol–water partition coefficient (Wildman–Crippen LogP) is 3.24. The maximum atomic E-state index is 5.57. The van der Waals surface area contributed by atoms with Gasteiger partial charge in [-0.1, -0.05) is 40.0 Å². The fourth-order valence-corrected chi connectivity index (χ4v) is 1.72. The standard InChI is InChI=1S/C15H27N3O/c1-5-6-7-8-9-19-15-17-11-14(13(4)18-15)10-16-12(2)3/h11-12,16H,5-10H2,1-4H3. The molecule has 1 heterocycles. The molecule has 0 aliphatic heterocycles. The fraction of sp³-hybridized carbons (Fsp3) is 0.733. The number of rotatable bonds is 9. The Bertz CT molecular complexity index is 366. The Kier molecular flexibility index (Phi) is 7.41. The lowest BCUT2D eigenvalue weighted by atomic mass is 10.2. The molecule has 0 amide bonds. The Morgan fingerprint density at radius 2 is 2.05 bits per heavy atom. The second-order valence-electron chi connectivity index (χ2n) is 5.21. The van der Waals surface area contributed by atoms with Crippen LogP contribution in [0.2, 0.25) is 0 Å². The van der Waals surface area contributed by atoms with Gasteiger partial charge in [-0.3, -0.25) is 0 Å². The summed E-state index contributed by atoms with van der Waals surface area (Å²) in [6, 6.07) is 0.969. The number of unbranched alkanes of at least 4 members (excludes halogenated alkanes) is 3. The molecule has 19 heavy (non-hydrogen) atoms. The molecule has 1 rings (SSSR count). The van der Waals surface area contributed by atoms with E-state index in [1.165, 1.54) is 19.3 Å². The monoisotopic (exact) mass is 265 g/mol. The van der Waals surface area contributed by atoms with Gasteiger partial charge in [-0.2, -0.15) is 0 Å². The van der Waals surface area contributed by atoms with Crippen LogP contribution in [0.15, 0.2) is 6.20 Å². The number of hydrogen-bond acceptors (Lipinski definition) is 4. The molecule has 0 spiro atoms. The Balaban J connectivity index is 2.38. The molecule has 0 aliphatic rings. The van der Waals surface area contributed by atoms with E-state index in [0.29, 0.717) is 18.7 Å². The Hall–Kier alpha value is -1.16. The van der Waals surface area contributed by atoms with E-state index in [1.54, 1.807) is 0 Å². The smallest absolute Gasteiger partial charge is 0.316 e. The average molecular weight is 265 g/mol. The van der Waals surface area contributed by atoms with Gasteiger partial charge >= 0.3 is 6.01 Å². The van der Waals surface area contributed by atoms with Crippen LogP contribution in [0.5, 0.6) is 6.01 Å². The van der Waals surface area contributed by atoms with Crippen molar-refractivity contribution < 1.29 is 4.74 Å². The Labute approximate surface area is 117 Å². The van der Waals surface area contributed by atoms with E-state index in [9.17, 15) is 0 Å². The number of aryl methyl sites for hydroxylation is 1. The summed E-state index contributed by atoms with van der Waals surface area (Å²) in [7, 11) is 0. The average Bonchev–Trinajstić information content (AvgIpc) is 2.37. The lowest BCUT2D eigenvalue weighted by molar-refractivity contribution is 0.280. The van der Waals surface area contributed by atoms with Crippen LogP contribution in [0.25, 0.3) is 0 Å². The normalized spacial score (nSPS) is 11.0. The first-order valence-corrected chi connectivity index (χ1v) is 7.32. The van der Waals surface area contributed by atoms with Crippen molar-refractivity contribution >= 4 is 0 Å². The van der Waals surface area contributed by atoms with Crippen molar-refractivity contribution in [3.63, 3.8) is 0 Å². The summed E-state index contributed by atoms with van der Waals surface area (Å²) in [6.07, 6.45) is 6.66. The summed E-state index contributed by atoms with van der Waals surface area (Å²) >= 11 is 0. The molecule has 0 atom stereocenters. The molecule has 4 nitrogen and oxygen atoms in total. The summed E-state index contributed by atoms with van der Waals surface area (Å²) in [5, 5.41) is 3.37. The molecule has 0 radical (unpaired) electrons. The second-order valence-corrected chi connectivity index (χ2v) is 5.21. The largest absolute Gasteiger partial charge is 0.463 e. The van der Waals surface area contributed by atoms with E-state index < -0.39 is 0 Å². The summed E-state index contributed by atoms with van der Waals surface area (Å²) < 4.78 is 5.57. The summed E-state index contributed by atoms with van der Waals surface area (Å²) in [5.74, 6) is 0. The van der Waals surface area contributed by atoms with E-state index in [4.69, 9.17) is 4.74 Å². The van der Waals surface area contributed by atoms with Gasteiger partial charge in [0.25, 0.3) is 0 Å². The third kappa shape index (κ3) is 6.53. The molecule has 1 N–H and O–H groups in total. The van der Waals surface area contributed by atoms with Crippen molar-refractivity contribution in [1.82, 2.24) is 15.3 Å². The van der Waals surface area contributed by atoms with E-state index in [2.05, 4.69) is 36.1 Å². The van der Waals surface area contributed by atoms with Crippen molar-refractivity contribution in [2.45, 2.75) is 66.0 Å². The van der Waals surface area contributed by atoms with Crippen molar-refractivity contribution in [2.75, 3.05) is 6.61 Å². The van der Waals surface area contributed by atoms with Crippen molar-refractivity contribution in [3.8, 4) is 6.01 Å². The molecule has 1 aromatic heterocycles. The zero-order valence-electron chi connectivity index (χ0n) is 12.7. The highest BCUT2D eigenvalue weighted by Gasteiger charge is 2.04. The number of hydrogen-bond donors (Lipinski definition) is 1. The maximum Gasteiger partial charge on any atom is 0.316 e. The molecule has 108 valence electrons. The van der Waals surface area contributed by atoms with Crippen LogP contribution in [0.4, 0.5) is 0 Å². The summed E-state index contributed by atoms with van der Waals surface area (Å²) in [6.45, 7) is 9.98. The van der Waals surface area contributed by atoms with Crippen LogP contribution >= 0.6 is 0 Å². The van der Waals surface area contributed by atoms with Crippen molar-refractivity contribution in [1.29, 1.82) is 0 Å². The van der Waals surface area contributed by atoms with Crippen LogP contribution in [0.1, 0.15) is 57.7 Å². The predicted molar refractivity (Wildman–Crippen MR) is 78.4 cm³/mol. The second kappa shape index (κ2) is 8.86. The highest BCUT2D eigenvalue weighted by Crippen LogP contribution is 2.09. The van der Waals surface area contributed by atoms with Crippen molar-refractivity contribution in [2.24, 2.45) is 0 Å². The summed E-state index contributed by atoms with van der Waals surface area (Å²) in [4.78, 5) is 8.66. The molecule has 0 bridgehead atoms. The first-order chi connectivity index (χ1) is 9.13. The van der Waals surface area contributed by atoms with Crippen LogP contribution in [-0.4, -0.2) is 22.6 Å². The molecule has 0 saturated carbocycles. The van der Waals surface area contributed by atoms with Gasteiger partial charge in [0.2, 0.25) is 0 Å². The van der Waals surface area contributed by atoms with Gasteiger partial charge in [-0.25, -0.2) is 9.97 Å². The highest BCUT2D eigenvalue weighted by atomic mass is 16.5. The Morgan fingerprint density at radius 1 is 1.26 bits per heavy atom. The number of ether oxygens (including phenoxy) is 1. The first kappa shape index (κ1) is 15.9. The van der Waals surface area contributed by atoms with E-state index in [-0.39, 0.29) is 0 Å². The van der Waals surface area contributed by atoms with Crippen LogP contribution in [-0.2, 0) is 6.54 Å². The van der Waals surface area contributed by atoms with E-state index in [0.717, 1.165) is 24.2 Å². The molecule has 0 unspecified atom stereocenters.